The molecule has 0 N–H and O–H groups in total. The van der Waals surface area contributed by atoms with Gasteiger partial charge in [0.1, 0.15) is 24.6 Å². The van der Waals surface area contributed by atoms with Gasteiger partial charge in [0.05, 0.1) is 6.61 Å². The van der Waals surface area contributed by atoms with E-state index in [0.717, 1.165) is 4.47 Å². The molecule has 130 valence electrons. The van der Waals surface area contributed by atoms with Crippen LogP contribution in [0.4, 0.5) is 4.39 Å². The molecule has 0 aliphatic heterocycles. The third-order valence-corrected chi connectivity index (χ3v) is 4.83. The van der Waals surface area contributed by atoms with Gasteiger partial charge in [0.25, 0.3) is 0 Å². The molecule has 7 heteroatoms. The van der Waals surface area contributed by atoms with Crippen LogP contribution in [0, 0.1) is 5.92 Å². The van der Waals surface area contributed by atoms with Crippen molar-refractivity contribution in [1.29, 1.82) is 0 Å². The Kier molecular flexibility index (Phi) is 5.55. The minimum atomic E-state index is -2.48. The molecule has 2 rings (SSSR count). The quantitative estimate of drug-likeness (QED) is 0.380. The van der Waals surface area contributed by atoms with Crippen LogP contribution >= 0.6 is 15.9 Å². The van der Waals surface area contributed by atoms with Crippen LogP contribution in [0.25, 0.3) is 0 Å². The van der Waals surface area contributed by atoms with E-state index in [1.54, 1.807) is 38.1 Å². The lowest BCUT2D eigenvalue weighted by atomic mass is 9.87. The maximum Gasteiger partial charge on any atom is 0.322 e. The van der Waals surface area contributed by atoms with E-state index in [1.165, 1.54) is 0 Å². The summed E-state index contributed by atoms with van der Waals surface area (Å²) in [6, 6.07) is 6.41. The molecule has 1 saturated carbocycles. The summed E-state index contributed by atoms with van der Waals surface area (Å²) in [4.78, 5) is 35.1. The molecule has 3 atom stereocenters. The van der Waals surface area contributed by atoms with E-state index in [2.05, 4.69) is 15.9 Å². The van der Waals surface area contributed by atoms with E-state index in [4.69, 9.17) is 9.47 Å². The van der Waals surface area contributed by atoms with E-state index in [-0.39, 0.29) is 25.8 Å². The molecule has 1 unspecified atom stereocenters. The van der Waals surface area contributed by atoms with Crippen LogP contribution in [-0.4, -0.2) is 43.5 Å². The van der Waals surface area contributed by atoms with Crippen molar-refractivity contribution in [3.8, 4) is 0 Å². The Morgan fingerprint density at radius 1 is 1.25 bits per heavy atom. The Bertz CT molecular complexity index is 626. The molecule has 1 fully saturated rings. The molecule has 0 spiro atoms. The van der Waals surface area contributed by atoms with Gasteiger partial charge in [-0.2, -0.15) is 0 Å². The molecule has 1 aromatic rings. The third-order valence-electron chi connectivity index (χ3n) is 4.30. The topological polar surface area (TPSA) is 69.7 Å². The Morgan fingerprint density at radius 3 is 2.29 bits per heavy atom. The zero-order chi connectivity index (χ0) is 18.0. The Balaban J connectivity index is 2.64. The second-order valence-electron chi connectivity index (χ2n) is 5.44. The fraction of sp³-hybridized carbons (Fsp3) is 0.471. The molecular weight excluding hydrogens is 383 g/mol. The number of carbonyl (C=O) groups is 3. The highest BCUT2D eigenvalue weighted by atomic mass is 79.9. The Morgan fingerprint density at radius 2 is 1.83 bits per heavy atom. The van der Waals surface area contributed by atoms with E-state index in [0.29, 0.717) is 5.56 Å². The van der Waals surface area contributed by atoms with Gasteiger partial charge in [-0.3, -0.25) is 4.79 Å². The first-order valence-electron chi connectivity index (χ1n) is 7.59. The molecule has 0 amide bonds. The number of esters is 1. The summed E-state index contributed by atoms with van der Waals surface area (Å²) in [6.07, 6.45) is -0.854. The lowest BCUT2D eigenvalue weighted by molar-refractivity contribution is -0.148. The summed E-state index contributed by atoms with van der Waals surface area (Å²) < 4.78 is 27.0. The van der Waals surface area contributed by atoms with Gasteiger partial charge in [0.2, 0.25) is 0 Å². The normalized spacial score (nSPS) is 28.5. The zero-order valence-corrected chi connectivity index (χ0v) is 14.9. The van der Waals surface area contributed by atoms with Gasteiger partial charge in [-0.1, -0.05) is 28.1 Å². The van der Waals surface area contributed by atoms with Crippen LogP contribution in [-0.2, 0) is 29.3 Å². The van der Waals surface area contributed by atoms with Crippen molar-refractivity contribution in [1.82, 2.24) is 0 Å². The molecule has 24 heavy (non-hydrogen) atoms. The first-order valence-corrected chi connectivity index (χ1v) is 8.38. The Hall–Kier alpha value is -1.60. The first-order chi connectivity index (χ1) is 11.4. The van der Waals surface area contributed by atoms with E-state index in [1.807, 2.05) is 0 Å². The van der Waals surface area contributed by atoms with Crippen LogP contribution in [0.15, 0.2) is 28.7 Å². The molecule has 0 bridgehead atoms. The van der Waals surface area contributed by atoms with Crippen molar-refractivity contribution >= 4 is 34.5 Å². The van der Waals surface area contributed by atoms with Gasteiger partial charge in [-0.25, -0.2) is 4.39 Å². The lowest BCUT2D eigenvalue weighted by Crippen LogP contribution is -2.37. The molecule has 1 aliphatic rings. The lowest BCUT2D eigenvalue weighted by Gasteiger charge is -2.19. The van der Waals surface area contributed by atoms with Crippen molar-refractivity contribution < 1.29 is 28.2 Å². The van der Waals surface area contributed by atoms with Crippen molar-refractivity contribution in [3.63, 3.8) is 0 Å². The second-order valence-corrected chi connectivity index (χ2v) is 6.35. The average molecular weight is 401 g/mol. The number of carbonyl (C=O) groups excluding carboxylic acids is 3. The summed E-state index contributed by atoms with van der Waals surface area (Å²) >= 11 is 3.28. The first kappa shape index (κ1) is 18.7. The molecule has 5 nitrogen and oxygen atoms in total. The average Bonchev–Trinajstić information content (AvgIpc) is 3.10. The fourth-order valence-corrected chi connectivity index (χ4v) is 3.48. The number of alkyl halides is 1. The summed E-state index contributed by atoms with van der Waals surface area (Å²) in [5, 5.41) is 0. The maximum absolute atomic E-state index is 15.8. The largest absolute Gasteiger partial charge is 0.465 e. The Labute approximate surface area is 147 Å². The van der Waals surface area contributed by atoms with Gasteiger partial charge < -0.3 is 19.1 Å². The summed E-state index contributed by atoms with van der Waals surface area (Å²) in [5.74, 6) is -2.47. The molecule has 0 heterocycles. The van der Waals surface area contributed by atoms with Gasteiger partial charge in [-0.15, -0.1) is 0 Å². The zero-order valence-electron chi connectivity index (χ0n) is 13.3. The highest BCUT2D eigenvalue weighted by molar-refractivity contribution is 9.10. The molecule has 0 aromatic heterocycles. The standard InChI is InChI=1S/C17H18BrFO5/c1-3-23-14-16(15(22)24-4-2,11-5-7-13(18)8-6-11)17(14,19)12(9-20)10-21/h5-10,12,14H,3-4H2,1-2H3/t14?,16-,17+/m0/s1. The second kappa shape index (κ2) is 7.11. The van der Waals surface area contributed by atoms with Crippen molar-refractivity contribution in [3.05, 3.63) is 34.3 Å². The molecular formula is C17H18BrFO5. The number of aldehydes is 2. The fourth-order valence-electron chi connectivity index (χ4n) is 3.22. The van der Waals surface area contributed by atoms with Crippen molar-refractivity contribution in [2.75, 3.05) is 13.2 Å². The summed E-state index contributed by atoms with van der Waals surface area (Å²) in [7, 11) is 0. The summed E-state index contributed by atoms with van der Waals surface area (Å²) in [5.41, 5.74) is -4.02. The highest BCUT2D eigenvalue weighted by Gasteiger charge is 2.88. The predicted molar refractivity (Wildman–Crippen MR) is 87.3 cm³/mol. The minimum absolute atomic E-state index is 0.0406. The predicted octanol–water partition coefficient (Wildman–Crippen LogP) is 2.39. The van der Waals surface area contributed by atoms with Crippen molar-refractivity contribution in [2.24, 2.45) is 5.92 Å². The smallest absolute Gasteiger partial charge is 0.322 e. The van der Waals surface area contributed by atoms with E-state index in [9.17, 15) is 14.4 Å². The van der Waals surface area contributed by atoms with Crippen LogP contribution < -0.4 is 0 Å². The van der Waals surface area contributed by atoms with Crippen LogP contribution in [0.5, 0.6) is 0 Å². The maximum atomic E-state index is 15.8. The number of rotatable bonds is 8. The van der Waals surface area contributed by atoms with Gasteiger partial charge >= 0.3 is 5.97 Å². The third kappa shape index (κ3) is 2.50. The number of halogens is 2. The minimum Gasteiger partial charge on any atom is -0.465 e. The monoisotopic (exact) mass is 400 g/mol. The van der Waals surface area contributed by atoms with E-state index >= 15 is 4.39 Å². The highest BCUT2D eigenvalue weighted by Crippen LogP contribution is 2.65. The number of benzene rings is 1. The van der Waals surface area contributed by atoms with Crippen LogP contribution in [0.3, 0.4) is 0 Å². The van der Waals surface area contributed by atoms with Gasteiger partial charge in [0, 0.05) is 11.1 Å². The van der Waals surface area contributed by atoms with Crippen LogP contribution in [0.1, 0.15) is 19.4 Å². The molecule has 0 saturated heterocycles. The summed E-state index contributed by atoms with van der Waals surface area (Å²) in [6.45, 7) is 3.41. The molecule has 1 aromatic carbocycles. The number of ether oxygens (including phenoxy) is 2. The molecule has 1 aliphatic carbocycles. The van der Waals surface area contributed by atoms with Crippen LogP contribution in [0.2, 0.25) is 0 Å². The van der Waals surface area contributed by atoms with Gasteiger partial charge in [0.15, 0.2) is 11.1 Å². The van der Waals surface area contributed by atoms with E-state index < -0.39 is 29.1 Å². The SMILES string of the molecule is CCOC(=O)[C@]1(c2ccc(Br)cc2)C(OCC)[C@]1(F)C(C=O)C=O. The van der Waals surface area contributed by atoms with Crippen molar-refractivity contribution in [2.45, 2.75) is 31.0 Å². The van der Waals surface area contributed by atoms with Gasteiger partial charge in [-0.05, 0) is 31.5 Å². The molecule has 0 radical (unpaired) electrons. The number of hydrogen-bond donors (Lipinski definition) is 0. The number of hydrogen-bond acceptors (Lipinski definition) is 5.